The van der Waals surface area contributed by atoms with Crippen LogP contribution in [0.1, 0.15) is 15.9 Å². The van der Waals surface area contributed by atoms with E-state index in [9.17, 15) is 43.5 Å². The van der Waals surface area contributed by atoms with Crippen LogP contribution in [0, 0.1) is 0 Å². The molecule has 0 aromatic heterocycles. The van der Waals surface area contributed by atoms with Crippen molar-refractivity contribution < 1.29 is 82.5 Å². The van der Waals surface area contributed by atoms with E-state index in [0.29, 0.717) is 5.56 Å². The normalized spacial score (nSPS) is 25.7. The van der Waals surface area contributed by atoms with Gasteiger partial charge in [-0.25, -0.2) is 0 Å². The van der Waals surface area contributed by atoms with Crippen LogP contribution >= 0.6 is 0 Å². The number of carbonyl (C=O) groups excluding carboxylic acids is 1. The minimum atomic E-state index is -4.87. The number of carboxylic acids is 1. The summed E-state index contributed by atoms with van der Waals surface area (Å²) in [6.45, 7) is -0.766. The molecule has 12 heteroatoms. The second-order valence-corrected chi connectivity index (χ2v) is 6.89. The minimum absolute atomic E-state index is 0. The largest absolute Gasteiger partial charge is 1.00 e. The van der Waals surface area contributed by atoms with E-state index < -0.39 is 60.8 Å². The number of carbonyl (C=O) groups is 1. The molecule has 2 aromatic rings. The van der Waals surface area contributed by atoms with Crippen LogP contribution in [0.5, 0.6) is 5.75 Å². The van der Waals surface area contributed by atoms with Crippen molar-refractivity contribution in [1.82, 2.24) is 0 Å². The minimum Gasteiger partial charge on any atom is -0.545 e. The number of aliphatic hydroxyl groups excluding tert-OH is 4. The third-order valence-electron chi connectivity index (χ3n) is 4.83. The molecule has 0 spiro atoms. The Labute approximate surface area is 202 Å². The quantitative estimate of drug-likeness (QED) is 0.341. The topological polar surface area (TPSA) is 140 Å². The first-order valence-electron chi connectivity index (χ1n) is 9.03. The van der Waals surface area contributed by atoms with Gasteiger partial charge in [0.2, 0.25) is 6.29 Å². The summed E-state index contributed by atoms with van der Waals surface area (Å²) in [4.78, 5) is 10.8. The zero-order valence-electron chi connectivity index (χ0n) is 16.7. The zero-order valence-corrected chi connectivity index (χ0v) is 18.7. The van der Waals surface area contributed by atoms with Crippen molar-refractivity contribution in [2.24, 2.45) is 0 Å². The zero-order chi connectivity index (χ0) is 22.9. The predicted octanol–water partition coefficient (Wildman–Crippen LogP) is -3.08. The van der Waals surface area contributed by atoms with Crippen LogP contribution in [0.4, 0.5) is 13.2 Å². The number of hydrogen-bond donors (Lipinski definition) is 4. The van der Waals surface area contributed by atoms with E-state index in [1.165, 1.54) is 30.3 Å². The maximum absolute atomic E-state index is 13.6. The first-order chi connectivity index (χ1) is 14.5. The van der Waals surface area contributed by atoms with E-state index in [0.717, 1.165) is 12.1 Å². The van der Waals surface area contributed by atoms with Crippen LogP contribution < -0.4 is 39.4 Å². The van der Waals surface area contributed by atoms with Gasteiger partial charge in [-0.15, -0.1) is 0 Å². The number of aromatic carboxylic acids is 1. The van der Waals surface area contributed by atoms with Crippen LogP contribution in [-0.4, -0.2) is 63.7 Å². The summed E-state index contributed by atoms with van der Waals surface area (Å²) in [6, 6.07) is 8.05. The second kappa shape index (κ2) is 10.5. The molecule has 1 heterocycles. The summed E-state index contributed by atoms with van der Waals surface area (Å²) in [5.74, 6) is -2.14. The van der Waals surface area contributed by atoms with Crippen LogP contribution in [0.15, 0.2) is 42.5 Å². The second-order valence-electron chi connectivity index (χ2n) is 6.89. The van der Waals surface area contributed by atoms with E-state index in [1.54, 1.807) is 0 Å². The van der Waals surface area contributed by atoms with Gasteiger partial charge in [0.15, 0.2) is 0 Å². The average molecular weight is 466 g/mol. The molecule has 168 valence electrons. The summed E-state index contributed by atoms with van der Waals surface area (Å²) < 4.78 is 51.2. The molecule has 2 aromatic carbocycles. The number of hydrogen-bond acceptors (Lipinski definition) is 8. The molecule has 32 heavy (non-hydrogen) atoms. The van der Waals surface area contributed by atoms with Gasteiger partial charge in [0, 0.05) is 0 Å². The van der Waals surface area contributed by atoms with E-state index in [-0.39, 0.29) is 40.7 Å². The molecule has 1 aliphatic heterocycles. The van der Waals surface area contributed by atoms with Gasteiger partial charge in [-0.05, 0) is 28.8 Å². The Balaban J connectivity index is 0.00000363. The van der Waals surface area contributed by atoms with Crippen molar-refractivity contribution in [2.45, 2.75) is 36.9 Å². The van der Waals surface area contributed by atoms with Crippen molar-refractivity contribution in [2.75, 3.05) is 6.61 Å². The Morgan fingerprint density at radius 2 is 1.59 bits per heavy atom. The molecule has 0 saturated carbocycles. The molecule has 0 radical (unpaired) electrons. The standard InChI is InChI=1S/C20H19F3O8.Na/c21-20(22,23)12-7-11(9-1-3-10(4-2-9)18(28)29)5-6-13(12)30-19-17(27)16(26)15(25)14(8-24)31-19;/h1-7,14-17,19,24-27H,8H2,(H,28,29);/q;+1/p-1/t14-,15-,16+,17+,19+;/m1./s1. The molecule has 8 nitrogen and oxygen atoms in total. The van der Waals surface area contributed by atoms with Crippen LogP contribution in [0.25, 0.3) is 11.1 Å². The Bertz CT molecular complexity index is 935. The average Bonchev–Trinajstić information content (AvgIpc) is 2.73. The van der Waals surface area contributed by atoms with Gasteiger partial charge in [-0.3, -0.25) is 0 Å². The van der Waals surface area contributed by atoms with Gasteiger partial charge in [0.25, 0.3) is 0 Å². The third kappa shape index (κ3) is 5.61. The van der Waals surface area contributed by atoms with Crippen molar-refractivity contribution in [3.63, 3.8) is 0 Å². The number of alkyl halides is 3. The summed E-state index contributed by atoms with van der Waals surface area (Å²) in [7, 11) is 0. The number of aliphatic hydroxyl groups is 4. The van der Waals surface area contributed by atoms with Crippen molar-refractivity contribution in [3.8, 4) is 16.9 Å². The summed E-state index contributed by atoms with van der Waals surface area (Å²) in [5.41, 5.74) is -0.943. The number of halogens is 3. The molecule has 3 rings (SSSR count). The number of carboxylic acid groups (broad SMARTS) is 1. The molecule has 4 N–H and O–H groups in total. The van der Waals surface area contributed by atoms with E-state index in [4.69, 9.17) is 9.47 Å². The molecule has 0 unspecified atom stereocenters. The summed E-state index contributed by atoms with van der Waals surface area (Å²) in [5, 5.41) is 49.6. The molecule has 0 bridgehead atoms. The maximum atomic E-state index is 13.6. The maximum Gasteiger partial charge on any atom is 1.00 e. The van der Waals surface area contributed by atoms with Gasteiger partial charge in [-0.2, -0.15) is 13.2 Å². The van der Waals surface area contributed by atoms with E-state index in [1.807, 2.05) is 0 Å². The predicted molar refractivity (Wildman–Crippen MR) is 95.6 cm³/mol. The first kappa shape index (κ1) is 26.6. The monoisotopic (exact) mass is 466 g/mol. The molecular formula is C20H18F3NaO8. The van der Waals surface area contributed by atoms with Crippen molar-refractivity contribution in [1.29, 1.82) is 0 Å². The molecule has 1 aliphatic rings. The van der Waals surface area contributed by atoms with E-state index in [2.05, 4.69) is 0 Å². The SMILES string of the molecule is O=C([O-])c1ccc(-c2ccc(O[C@H]3O[C@H](CO)[C@@H](O)[C@H](O)[C@@H]3O)c(C(F)(F)F)c2)cc1.[Na+]. The fourth-order valence-electron chi connectivity index (χ4n) is 3.12. The van der Waals surface area contributed by atoms with Gasteiger partial charge >= 0.3 is 35.7 Å². The molecule has 1 fully saturated rings. The number of rotatable bonds is 5. The van der Waals surface area contributed by atoms with Gasteiger partial charge in [0.05, 0.1) is 18.1 Å². The summed E-state index contributed by atoms with van der Waals surface area (Å²) in [6.07, 6.45) is -13.4. The van der Waals surface area contributed by atoms with E-state index >= 15 is 0 Å². The Kier molecular flexibility index (Phi) is 8.70. The molecule has 1 saturated heterocycles. The Morgan fingerprint density at radius 3 is 2.12 bits per heavy atom. The van der Waals surface area contributed by atoms with Crippen LogP contribution in [-0.2, 0) is 10.9 Å². The number of ether oxygens (including phenoxy) is 2. The van der Waals surface area contributed by atoms with Crippen molar-refractivity contribution in [3.05, 3.63) is 53.6 Å². The third-order valence-corrected chi connectivity index (χ3v) is 4.83. The fraction of sp³-hybridized carbons (Fsp3) is 0.350. The van der Waals surface area contributed by atoms with Crippen molar-refractivity contribution >= 4 is 5.97 Å². The van der Waals surface area contributed by atoms with Crippen LogP contribution in [0.2, 0.25) is 0 Å². The Hall–Kier alpha value is -1.70. The van der Waals surface area contributed by atoms with Gasteiger partial charge < -0.3 is 39.8 Å². The first-order valence-corrected chi connectivity index (χ1v) is 9.03. The Morgan fingerprint density at radius 1 is 1.00 bits per heavy atom. The molecule has 0 aliphatic carbocycles. The molecule has 0 amide bonds. The fourth-order valence-corrected chi connectivity index (χ4v) is 3.12. The smallest absolute Gasteiger partial charge is 0.545 e. The van der Waals surface area contributed by atoms with Gasteiger partial charge in [-0.1, -0.05) is 30.3 Å². The summed E-state index contributed by atoms with van der Waals surface area (Å²) >= 11 is 0. The molecular weight excluding hydrogens is 448 g/mol. The van der Waals surface area contributed by atoms with Gasteiger partial charge in [0.1, 0.15) is 30.2 Å². The number of benzene rings is 2. The van der Waals surface area contributed by atoms with Crippen LogP contribution in [0.3, 0.4) is 0 Å². The molecule has 5 atom stereocenters.